The van der Waals surface area contributed by atoms with Gasteiger partial charge < -0.3 is 14.5 Å². The Balaban J connectivity index is 1.44. The monoisotopic (exact) mass is 473 g/mol. The Morgan fingerprint density at radius 3 is 2.43 bits per heavy atom. The summed E-state index contributed by atoms with van der Waals surface area (Å²) in [6.07, 6.45) is 2.79. The molecular formula is C26H27N5O4. The fraction of sp³-hybridized carbons (Fsp3) is 0.346. The van der Waals surface area contributed by atoms with Gasteiger partial charge in [-0.2, -0.15) is 4.98 Å². The lowest BCUT2D eigenvalue weighted by Crippen LogP contribution is -2.38. The lowest BCUT2D eigenvalue weighted by atomic mass is 9.99. The summed E-state index contributed by atoms with van der Waals surface area (Å²) in [5, 5.41) is 10.9. The van der Waals surface area contributed by atoms with Crippen molar-refractivity contribution in [2.24, 2.45) is 5.92 Å². The second kappa shape index (κ2) is 9.69. The quantitative estimate of drug-likeness (QED) is 0.394. The maximum Gasteiger partial charge on any atom is 0.269 e. The third-order valence-electron chi connectivity index (χ3n) is 6.65. The summed E-state index contributed by atoms with van der Waals surface area (Å²) in [5.74, 6) is 2.33. The zero-order valence-corrected chi connectivity index (χ0v) is 19.6. The molecule has 0 bridgehead atoms. The number of carbonyl (C=O) groups excluding carboxylic acids is 1. The lowest BCUT2D eigenvalue weighted by Gasteiger charge is -2.33. The zero-order chi connectivity index (χ0) is 24.4. The van der Waals surface area contributed by atoms with Crippen molar-refractivity contribution in [2.75, 3.05) is 24.5 Å². The van der Waals surface area contributed by atoms with Crippen LogP contribution in [0.5, 0.6) is 11.6 Å². The number of ether oxygens (including phenoxy) is 1. The van der Waals surface area contributed by atoms with Crippen LogP contribution in [-0.2, 0) is 13.0 Å². The molecule has 0 radical (unpaired) electrons. The fourth-order valence-electron chi connectivity index (χ4n) is 4.49. The Morgan fingerprint density at radius 1 is 1.03 bits per heavy atom. The molecule has 1 aromatic heterocycles. The first-order chi connectivity index (χ1) is 17.0. The van der Waals surface area contributed by atoms with Gasteiger partial charge in [0.05, 0.1) is 22.7 Å². The molecule has 0 unspecified atom stereocenters. The highest BCUT2D eigenvalue weighted by molar-refractivity contribution is 5.94. The molecule has 9 nitrogen and oxygen atoms in total. The Morgan fingerprint density at radius 2 is 1.74 bits per heavy atom. The van der Waals surface area contributed by atoms with E-state index in [0.717, 1.165) is 37.2 Å². The van der Waals surface area contributed by atoms with Crippen molar-refractivity contribution in [3.8, 4) is 11.6 Å². The predicted octanol–water partition coefficient (Wildman–Crippen LogP) is 4.61. The van der Waals surface area contributed by atoms with Crippen molar-refractivity contribution < 1.29 is 14.5 Å². The van der Waals surface area contributed by atoms with Gasteiger partial charge in [0.15, 0.2) is 0 Å². The molecule has 0 atom stereocenters. The molecule has 2 aliphatic rings. The molecule has 1 saturated heterocycles. The number of nitro groups is 1. The van der Waals surface area contributed by atoms with Crippen molar-refractivity contribution in [3.63, 3.8) is 0 Å². The van der Waals surface area contributed by atoms with Gasteiger partial charge in [-0.25, -0.2) is 4.98 Å². The van der Waals surface area contributed by atoms with Gasteiger partial charge in [-0.15, -0.1) is 0 Å². The predicted molar refractivity (Wildman–Crippen MR) is 131 cm³/mol. The summed E-state index contributed by atoms with van der Waals surface area (Å²) in [5.41, 5.74) is 2.05. The number of rotatable bonds is 5. The molecule has 180 valence electrons. The van der Waals surface area contributed by atoms with Crippen LogP contribution in [0.2, 0.25) is 0 Å². The number of aromatic nitrogens is 2. The number of amides is 1. The molecule has 3 heterocycles. The number of nitro benzene ring substituents is 1. The number of para-hydroxylation sites is 1. The molecule has 1 amide bonds. The summed E-state index contributed by atoms with van der Waals surface area (Å²) in [7, 11) is 0. The standard InChI is InChI=1S/C26H27N5O4/c1-18-11-14-29(15-12-18)26-27-23-13-16-30(25(32)19-7-9-20(10-8-19)31(33)34)17-22(23)24(28-26)35-21-5-3-2-4-6-21/h2-10,18H,11-17H2,1H3. The maximum atomic E-state index is 13.2. The van der Waals surface area contributed by atoms with Crippen LogP contribution in [0.1, 0.15) is 41.4 Å². The number of hydrogen-bond acceptors (Lipinski definition) is 7. The number of hydrogen-bond donors (Lipinski definition) is 0. The molecule has 35 heavy (non-hydrogen) atoms. The average molecular weight is 474 g/mol. The van der Waals surface area contributed by atoms with Gasteiger partial charge >= 0.3 is 0 Å². The van der Waals surface area contributed by atoms with Crippen LogP contribution in [0.15, 0.2) is 54.6 Å². The number of anilines is 1. The summed E-state index contributed by atoms with van der Waals surface area (Å²) in [6.45, 7) is 4.90. The smallest absolute Gasteiger partial charge is 0.269 e. The number of fused-ring (bicyclic) bond motifs is 1. The highest BCUT2D eigenvalue weighted by atomic mass is 16.6. The molecule has 0 saturated carbocycles. The Kier molecular flexibility index (Phi) is 6.31. The summed E-state index contributed by atoms with van der Waals surface area (Å²) >= 11 is 0. The molecule has 0 aliphatic carbocycles. The van der Waals surface area contributed by atoms with Crippen molar-refractivity contribution in [3.05, 3.63) is 81.5 Å². The summed E-state index contributed by atoms with van der Waals surface area (Å²) < 4.78 is 6.21. The second-order valence-electron chi connectivity index (χ2n) is 9.12. The molecule has 9 heteroatoms. The highest BCUT2D eigenvalue weighted by Crippen LogP contribution is 2.33. The fourth-order valence-corrected chi connectivity index (χ4v) is 4.49. The highest BCUT2D eigenvalue weighted by Gasteiger charge is 2.29. The second-order valence-corrected chi connectivity index (χ2v) is 9.12. The summed E-state index contributed by atoms with van der Waals surface area (Å²) in [4.78, 5) is 37.3. The van der Waals surface area contributed by atoms with E-state index in [-0.39, 0.29) is 11.6 Å². The first kappa shape index (κ1) is 22.8. The van der Waals surface area contributed by atoms with Crippen molar-refractivity contribution in [1.29, 1.82) is 0 Å². The first-order valence-electron chi connectivity index (χ1n) is 11.9. The molecule has 0 N–H and O–H groups in total. The molecule has 2 aromatic carbocycles. The van der Waals surface area contributed by atoms with E-state index < -0.39 is 4.92 Å². The van der Waals surface area contributed by atoms with Crippen molar-refractivity contribution >= 4 is 17.5 Å². The normalized spacial score (nSPS) is 16.0. The molecule has 1 fully saturated rings. The van der Waals surface area contributed by atoms with Gasteiger partial charge in [0, 0.05) is 43.8 Å². The van der Waals surface area contributed by atoms with E-state index in [2.05, 4.69) is 11.8 Å². The van der Waals surface area contributed by atoms with Gasteiger partial charge in [-0.05, 0) is 43.0 Å². The van der Waals surface area contributed by atoms with E-state index >= 15 is 0 Å². The van der Waals surface area contributed by atoms with Crippen LogP contribution in [0, 0.1) is 16.0 Å². The minimum atomic E-state index is -0.476. The van der Waals surface area contributed by atoms with E-state index in [4.69, 9.17) is 14.7 Å². The largest absolute Gasteiger partial charge is 0.438 e. The van der Waals surface area contributed by atoms with E-state index in [0.29, 0.717) is 48.6 Å². The van der Waals surface area contributed by atoms with Crippen LogP contribution in [0.25, 0.3) is 0 Å². The van der Waals surface area contributed by atoms with E-state index in [1.165, 1.54) is 24.3 Å². The lowest BCUT2D eigenvalue weighted by molar-refractivity contribution is -0.384. The van der Waals surface area contributed by atoms with E-state index in [9.17, 15) is 14.9 Å². The number of piperidine rings is 1. The van der Waals surface area contributed by atoms with Gasteiger partial charge in [0.2, 0.25) is 11.8 Å². The third-order valence-corrected chi connectivity index (χ3v) is 6.65. The summed E-state index contributed by atoms with van der Waals surface area (Å²) in [6, 6.07) is 15.2. The van der Waals surface area contributed by atoms with Crippen molar-refractivity contribution in [2.45, 2.75) is 32.7 Å². The SMILES string of the molecule is CC1CCN(c2nc3c(c(Oc4ccccc4)n2)CN(C(=O)c2ccc([N+](=O)[O-])cc2)CC3)CC1. The van der Waals surface area contributed by atoms with Gasteiger partial charge in [-0.1, -0.05) is 25.1 Å². The number of benzene rings is 2. The average Bonchev–Trinajstić information content (AvgIpc) is 2.89. The Labute approximate surface area is 203 Å². The Hall–Kier alpha value is -4.01. The van der Waals surface area contributed by atoms with Crippen LogP contribution in [-0.4, -0.2) is 45.3 Å². The van der Waals surface area contributed by atoms with Gasteiger partial charge in [0.1, 0.15) is 5.75 Å². The van der Waals surface area contributed by atoms with Crippen molar-refractivity contribution in [1.82, 2.24) is 14.9 Å². The third kappa shape index (κ3) is 4.94. The Bertz CT molecular complexity index is 1220. The molecule has 0 spiro atoms. The minimum absolute atomic E-state index is 0.0443. The van der Waals surface area contributed by atoms with Gasteiger partial charge in [0.25, 0.3) is 11.6 Å². The number of non-ortho nitro benzene ring substituents is 1. The topological polar surface area (TPSA) is 102 Å². The molecule has 3 aromatic rings. The molecular weight excluding hydrogens is 446 g/mol. The molecule has 5 rings (SSSR count). The van der Waals surface area contributed by atoms with Crippen LogP contribution >= 0.6 is 0 Å². The first-order valence-corrected chi connectivity index (χ1v) is 11.9. The van der Waals surface area contributed by atoms with Crippen LogP contribution in [0.4, 0.5) is 11.6 Å². The van der Waals surface area contributed by atoms with Crippen LogP contribution < -0.4 is 9.64 Å². The van der Waals surface area contributed by atoms with E-state index in [1.54, 1.807) is 4.90 Å². The van der Waals surface area contributed by atoms with Gasteiger partial charge in [-0.3, -0.25) is 14.9 Å². The number of nitrogens with zero attached hydrogens (tertiary/aromatic N) is 5. The van der Waals surface area contributed by atoms with Crippen LogP contribution in [0.3, 0.4) is 0 Å². The zero-order valence-electron chi connectivity index (χ0n) is 19.6. The van der Waals surface area contributed by atoms with E-state index in [1.807, 2.05) is 30.3 Å². The maximum absolute atomic E-state index is 13.2. The molecule has 2 aliphatic heterocycles. The number of carbonyl (C=O) groups is 1. The minimum Gasteiger partial charge on any atom is -0.438 e.